The summed E-state index contributed by atoms with van der Waals surface area (Å²) in [6.45, 7) is 1.77. The zero-order chi connectivity index (χ0) is 10.7. The number of hydrogen-bond donors (Lipinski definition) is 2. The maximum atomic E-state index is 9.75. The molecule has 4 heteroatoms. The number of aliphatic hydroxyl groups is 1. The molecule has 0 fully saturated rings. The van der Waals surface area contributed by atoms with Crippen LogP contribution >= 0.6 is 15.9 Å². The van der Waals surface area contributed by atoms with E-state index in [1.807, 2.05) is 0 Å². The summed E-state index contributed by atoms with van der Waals surface area (Å²) >= 11 is 3.36. The maximum Gasteiger partial charge on any atom is 0.120 e. The predicted octanol–water partition coefficient (Wildman–Crippen LogP) is 1.84. The van der Waals surface area contributed by atoms with Crippen molar-refractivity contribution in [2.75, 3.05) is 7.11 Å². The molecular weight excluding hydrogens is 246 g/mol. The van der Waals surface area contributed by atoms with Crippen molar-refractivity contribution in [3.8, 4) is 5.75 Å². The first-order chi connectivity index (χ1) is 6.56. The Morgan fingerprint density at radius 2 is 2.14 bits per heavy atom. The molecule has 0 bridgehead atoms. The van der Waals surface area contributed by atoms with Gasteiger partial charge in [0, 0.05) is 10.5 Å². The van der Waals surface area contributed by atoms with Crippen LogP contribution in [0.5, 0.6) is 5.75 Å². The first-order valence-corrected chi connectivity index (χ1v) is 5.12. The number of nitrogens with two attached hydrogens (primary N) is 1. The van der Waals surface area contributed by atoms with Crippen molar-refractivity contribution in [2.45, 2.75) is 19.1 Å². The number of hydrogen-bond acceptors (Lipinski definition) is 3. The third kappa shape index (κ3) is 2.47. The van der Waals surface area contributed by atoms with E-state index in [-0.39, 0.29) is 6.04 Å². The fourth-order valence-electron chi connectivity index (χ4n) is 1.16. The minimum atomic E-state index is -0.657. The highest BCUT2D eigenvalue weighted by molar-refractivity contribution is 9.10. The van der Waals surface area contributed by atoms with Crippen molar-refractivity contribution in [3.63, 3.8) is 0 Å². The maximum absolute atomic E-state index is 9.75. The summed E-state index contributed by atoms with van der Waals surface area (Å²) in [5.41, 5.74) is 6.38. The summed E-state index contributed by atoms with van der Waals surface area (Å²) < 4.78 is 5.85. The van der Waals surface area contributed by atoms with E-state index in [2.05, 4.69) is 15.9 Å². The minimum absolute atomic E-state index is 0.292. The van der Waals surface area contributed by atoms with Gasteiger partial charge >= 0.3 is 0 Å². The van der Waals surface area contributed by atoms with Crippen molar-refractivity contribution >= 4 is 15.9 Å². The van der Waals surface area contributed by atoms with E-state index >= 15 is 0 Å². The van der Waals surface area contributed by atoms with Crippen LogP contribution in [0.2, 0.25) is 0 Å². The van der Waals surface area contributed by atoms with Crippen molar-refractivity contribution in [1.29, 1.82) is 0 Å². The molecule has 0 aliphatic carbocycles. The summed E-state index contributed by atoms with van der Waals surface area (Å²) in [5.74, 6) is 0.748. The largest absolute Gasteiger partial charge is 0.497 e. The Bertz CT molecular complexity index is 315. The average molecular weight is 260 g/mol. The van der Waals surface area contributed by atoms with Crippen LogP contribution in [0.3, 0.4) is 0 Å². The predicted molar refractivity (Wildman–Crippen MR) is 59.3 cm³/mol. The third-order valence-corrected chi connectivity index (χ3v) is 2.71. The van der Waals surface area contributed by atoms with Gasteiger partial charge in [0.15, 0.2) is 0 Å². The second-order valence-electron chi connectivity index (χ2n) is 3.19. The van der Waals surface area contributed by atoms with E-state index in [4.69, 9.17) is 10.5 Å². The van der Waals surface area contributed by atoms with Gasteiger partial charge in [0.2, 0.25) is 0 Å². The van der Waals surface area contributed by atoms with Gasteiger partial charge in [0.05, 0.1) is 13.2 Å². The lowest BCUT2D eigenvalue weighted by Crippen LogP contribution is -2.24. The van der Waals surface area contributed by atoms with E-state index < -0.39 is 6.10 Å². The molecule has 0 heterocycles. The number of halogens is 1. The number of rotatable bonds is 3. The third-order valence-electron chi connectivity index (χ3n) is 2.02. The Kier molecular flexibility index (Phi) is 3.92. The van der Waals surface area contributed by atoms with Crippen LogP contribution in [0.4, 0.5) is 0 Å². The second kappa shape index (κ2) is 4.77. The van der Waals surface area contributed by atoms with E-state index in [9.17, 15) is 5.11 Å². The first kappa shape index (κ1) is 11.5. The molecule has 0 radical (unpaired) electrons. The second-order valence-corrected chi connectivity index (χ2v) is 4.05. The summed E-state index contributed by atoms with van der Waals surface area (Å²) in [6, 6.07) is 5.11. The van der Waals surface area contributed by atoms with Crippen LogP contribution in [0.15, 0.2) is 22.7 Å². The van der Waals surface area contributed by atoms with Crippen LogP contribution in [0, 0.1) is 0 Å². The molecule has 1 rings (SSSR count). The molecule has 0 aliphatic rings. The van der Waals surface area contributed by atoms with Gasteiger partial charge in [-0.1, -0.05) is 22.0 Å². The highest BCUT2D eigenvalue weighted by atomic mass is 79.9. The lowest BCUT2D eigenvalue weighted by Gasteiger charge is -2.16. The van der Waals surface area contributed by atoms with E-state index in [0.717, 1.165) is 15.8 Å². The summed E-state index contributed by atoms with van der Waals surface area (Å²) in [5, 5.41) is 9.75. The minimum Gasteiger partial charge on any atom is -0.497 e. The van der Waals surface area contributed by atoms with Crippen LogP contribution in [0.1, 0.15) is 18.6 Å². The number of ether oxygens (including phenoxy) is 1. The standard InChI is InChI=1S/C10H14BrNO2/c1-6(12)10(13)8-4-3-7(14-2)5-9(8)11/h3-6,10,13H,12H2,1-2H3. The molecule has 14 heavy (non-hydrogen) atoms. The molecule has 0 saturated heterocycles. The smallest absolute Gasteiger partial charge is 0.120 e. The van der Waals surface area contributed by atoms with Gasteiger partial charge in [-0.15, -0.1) is 0 Å². The molecule has 3 N–H and O–H groups in total. The van der Waals surface area contributed by atoms with Gasteiger partial charge in [-0.05, 0) is 24.6 Å². The average Bonchev–Trinajstić information content (AvgIpc) is 2.16. The van der Waals surface area contributed by atoms with Gasteiger partial charge in [-0.25, -0.2) is 0 Å². The zero-order valence-corrected chi connectivity index (χ0v) is 9.78. The number of benzene rings is 1. The lowest BCUT2D eigenvalue weighted by atomic mass is 10.0. The fraction of sp³-hybridized carbons (Fsp3) is 0.400. The summed E-state index contributed by atoms with van der Waals surface area (Å²) in [4.78, 5) is 0. The Labute approximate surface area is 92.0 Å². The molecule has 0 saturated carbocycles. The van der Waals surface area contributed by atoms with Crippen LogP contribution in [0.25, 0.3) is 0 Å². The molecule has 1 aromatic carbocycles. The van der Waals surface area contributed by atoms with Crippen LogP contribution < -0.4 is 10.5 Å². The van der Waals surface area contributed by atoms with E-state index in [1.54, 1.807) is 32.2 Å². The molecular formula is C10H14BrNO2. The monoisotopic (exact) mass is 259 g/mol. The molecule has 2 atom stereocenters. The Morgan fingerprint density at radius 1 is 1.50 bits per heavy atom. The quantitative estimate of drug-likeness (QED) is 0.871. The molecule has 1 aromatic rings. The van der Waals surface area contributed by atoms with Crippen molar-refractivity contribution in [2.24, 2.45) is 5.73 Å². The Balaban J connectivity index is 2.99. The van der Waals surface area contributed by atoms with Crippen molar-refractivity contribution in [3.05, 3.63) is 28.2 Å². The van der Waals surface area contributed by atoms with E-state index in [1.165, 1.54) is 0 Å². The highest BCUT2D eigenvalue weighted by Gasteiger charge is 2.15. The number of methoxy groups -OCH3 is 1. The molecule has 0 aromatic heterocycles. The van der Waals surface area contributed by atoms with Gasteiger partial charge < -0.3 is 15.6 Å². The normalized spacial score (nSPS) is 14.9. The summed E-state index contributed by atoms with van der Waals surface area (Å²) in [6.07, 6.45) is -0.657. The molecule has 0 spiro atoms. The molecule has 0 amide bonds. The summed E-state index contributed by atoms with van der Waals surface area (Å²) in [7, 11) is 1.60. The van der Waals surface area contributed by atoms with E-state index in [0.29, 0.717) is 0 Å². The van der Waals surface area contributed by atoms with Gasteiger partial charge in [-0.2, -0.15) is 0 Å². The molecule has 2 unspecified atom stereocenters. The van der Waals surface area contributed by atoms with Crippen LogP contribution in [-0.2, 0) is 0 Å². The van der Waals surface area contributed by atoms with Gasteiger partial charge in [0.25, 0.3) is 0 Å². The molecule has 0 aliphatic heterocycles. The van der Waals surface area contributed by atoms with Gasteiger partial charge in [-0.3, -0.25) is 0 Å². The SMILES string of the molecule is COc1ccc(C(O)C(C)N)c(Br)c1. The van der Waals surface area contributed by atoms with Crippen LogP contribution in [-0.4, -0.2) is 18.3 Å². The zero-order valence-electron chi connectivity index (χ0n) is 8.20. The molecule has 78 valence electrons. The fourth-order valence-corrected chi connectivity index (χ4v) is 1.75. The Hall–Kier alpha value is -0.580. The lowest BCUT2D eigenvalue weighted by molar-refractivity contribution is 0.152. The number of aliphatic hydroxyl groups excluding tert-OH is 1. The topological polar surface area (TPSA) is 55.5 Å². The van der Waals surface area contributed by atoms with Crippen molar-refractivity contribution < 1.29 is 9.84 Å². The van der Waals surface area contributed by atoms with Gasteiger partial charge in [0.1, 0.15) is 5.75 Å². The Morgan fingerprint density at radius 3 is 2.57 bits per heavy atom. The molecule has 3 nitrogen and oxygen atoms in total. The first-order valence-electron chi connectivity index (χ1n) is 4.33. The highest BCUT2D eigenvalue weighted by Crippen LogP contribution is 2.28. The van der Waals surface area contributed by atoms with Crippen molar-refractivity contribution in [1.82, 2.24) is 0 Å².